The second-order valence-corrected chi connectivity index (χ2v) is 5.04. The van der Waals surface area contributed by atoms with E-state index in [9.17, 15) is 10.4 Å². The number of aromatic hydroxyl groups is 1. The smallest absolute Gasteiger partial charge is 0.127 e. The van der Waals surface area contributed by atoms with Crippen LogP contribution in [0.1, 0.15) is 42.9 Å². The van der Waals surface area contributed by atoms with Gasteiger partial charge >= 0.3 is 0 Å². The number of phenols is 1. The molecule has 1 aromatic rings. The lowest BCUT2D eigenvalue weighted by Crippen LogP contribution is -2.29. The molecule has 3 nitrogen and oxygen atoms in total. The standard InChI is InChI=1S/C15H20N2O/c1-12-6-7-15(18)13(10-12)14(11-16)17-8-4-2-3-5-9-17/h6-7,10,14,18H,2-5,8-9H2,1H3. The van der Waals surface area contributed by atoms with E-state index in [2.05, 4.69) is 11.0 Å². The summed E-state index contributed by atoms with van der Waals surface area (Å²) < 4.78 is 0. The lowest BCUT2D eigenvalue weighted by molar-refractivity contribution is 0.242. The summed E-state index contributed by atoms with van der Waals surface area (Å²) in [6, 6.07) is 7.52. The Balaban J connectivity index is 2.26. The van der Waals surface area contributed by atoms with Gasteiger partial charge in [0.15, 0.2) is 0 Å². The number of hydrogen-bond donors (Lipinski definition) is 1. The van der Waals surface area contributed by atoms with Gasteiger partial charge in [-0.15, -0.1) is 0 Å². The van der Waals surface area contributed by atoms with Gasteiger partial charge in [-0.2, -0.15) is 5.26 Å². The van der Waals surface area contributed by atoms with Crippen LogP contribution in [0.2, 0.25) is 0 Å². The Labute approximate surface area is 109 Å². The molecule has 0 aliphatic carbocycles. The highest BCUT2D eigenvalue weighted by atomic mass is 16.3. The van der Waals surface area contributed by atoms with Gasteiger partial charge in [-0.05, 0) is 45.0 Å². The maximum atomic E-state index is 9.96. The van der Waals surface area contributed by atoms with Crippen LogP contribution in [-0.4, -0.2) is 23.1 Å². The number of rotatable bonds is 2. The van der Waals surface area contributed by atoms with Crippen LogP contribution in [-0.2, 0) is 0 Å². The van der Waals surface area contributed by atoms with Gasteiger partial charge in [0.05, 0.1) is 6.07 Å². The van der Waals surface area contributed by atoms with Gasteiger partial charge in [-0.3, -0.25) is 4.90 Å². The van der Waals surface area contributed by atoms with Crippen LogP contribution in [0.4, 0.5) is 0 Å². The number of benzene rings is 1. The Kier molecular flexibility index (Phi) is 4.22. The van der Waals surface area contributed by atoms with Crippen molar-refractivity contribution >= 4 is 0 Å². The molecule has 1 atom stereocenters. The Hall–Kier alpha value is -1.53. The van der Waals surface area contributed by atoms with Gasteiger partial charge in [0, 0.05) is 5.56 Å². The van der Waals surface area contributed by atoms with Crippen LogP contribution in [0.3, 0.4) is 0 Å². The van der Waals surface area contributed by atoms with E-state index in [4.69, 9.17) is 0 Å². The van der Waals surface area contributed by atoms with Crippen molar-refractivity contribution in [1.29, 1.82) is 5.26 Å². The highest BCUT2D eigenvalue weighted by molar-refractivity contribution is 5.40. The van der Waals surface area contributed by atoms with Gasteiger partial charge in [0.2, 0.25) is 0 Å². The van der Waals surface area contributed by atoms with Crippen LogP contribution in [0, 0.1) is 18.3 Å². The molecule has 1 aliphatic rings. The molecule has 2 rings (SSSR count). The molecule has 1 aliphatic heterocycles. The molecule has 1 aromatic carbocycles. The highest BCUT2D eigenvalue weighted by Crippen LogP contribution is 2.30. The maximum absolute atomic E-state index is 9.96. The van der Waals surface area contributed by atoms with Crippen LogP contribution in [0.15, 0.2) is 18.2 Å². The summed E-state index contributed by atoms with van der Waals surface area (Å²) in [5.74, 6) is 0.233. The number of phenolic OH excluding ortho intramolecular Hbond substituents is 1. The summed E-state index contributed by atoms with van der Waals surface area (Å²) in [5, 5.41) is 19.4. The van der Waals surface area contributed by atoms with Crippen molar-refractivity contribution in [3.63, 3.8) is 0 Å². The Morgan fingerprint density at radius 1 is 1.22 bits per heavy atom. The van der Waals surface area contributed by atoms with E-state index in [-0.39, 0.29) is 11.8 Å². The number of nitriles is 1. The Morgan fingerprint density at radius 2 is 1.89 bits per heavy atom. The molecule has 3 heteroatoms. The van der Waals surface area contributed by atoms with E-state index in [1.807, 2.05) is 19.1 Å². The summed E-state index contributed by atoms with van der Waals surface area (Å²) in [5.41, 5.74) is 1.83. The normalized spacial score (nSPS) is 18.9. The lowest BCUT2D eigenvalue weighted by atomic mass is 10.0. The fourth-order valence-corrected chi connectivity index (χ4v) is 2.59. The van der Waals surface area contributed by atoms with E-state index in [0.29, 0.717) is 0 Å². The van der Waals surface area contributed by atoms with Crippen molar-refractivity contribution in [3.8, 4) is 11.8 Å². The molecule has 0 spiro atoms. The average molecular weight is 244 g/mol. The average Bonchev–Trinajstić information content (AvgIpc) is 2.64. The highest BCUT2D eigenvalue weighted by Gasteiger charge is 2.23. The van der Waals surface area contributed by atoms with Crippen molar-refractivity contribution in [3.05, 3.63) is 29.3 Å². The fourth-order valence-electron chi connectivity index (χ4n) is 2.59. The number of likely N-dealkylation sites (tertiary alicyclic amines) is 1. The molecule has 0 radical (unpaired) electrons. The van der Waals surface area contributed by atoms with Gasteiger partial charge in [-0.25, -0.2) is 0 Å². The zero-order chi connectivity index (χ0) is 13.0. The van der Waals surface area contributed by atoms with Crippen molar-refractivity contribution in [2.45, 2.75) is 38.6 Å². The van der Waals surface area contributed by atoms with Gasteiger partial charge in [-0.1, -0.05) is 24.5 Å². The minimum atomic E-state index is -0.317. The number of aryl methyl sites for hydroxylation is 1. The second kappa shape index (κ2) is 5.88. The van der Waals surface area contributed by atoms with E-state index in [1.165, 1.54) is 12.8 Å². The lowest BCUT2D eigenvalue weighted by Gasteiger charge is -2.26. The van der Waals surface area contributed by atoms with E-state index in [0.717, 1.165) is 37.1 Å². The third-order valence-corrected chi connectivity index (χ3v) is 3.61. The molecular weight excluding hydrogens is 224 g/mol. The van der Waals surface area contributed by atoms with Crippen molar-refractivity contribution < 1.29 is 5.11 Å². The van der Waals surface area contributed by atoms with Crippen molar-refractivity contribution in [2.24, 2.45) is 0 Å². The number of hydrogen-bond acceptors (Lipinski definition) is 3. The molecule has 1 unspecified atom stereocenters. The predicted molar refractivity (Wildman–Crippen MR) is 71.2 cm³/mol. The zero-order valence-electron chi connectivity index (χ0n) is 10.9. The van der Waals surface area contributed by atoms with Gasteiger partial charge < -0.3 is 5.11 Å². The minimum absolute atomic E-state index is 0.233. The largest absolute Gasteiger partial charge is 0.508 e. The number of nitrogens with zero attached hydrogens (tertiary/aromatic N) is 2. The first-order chi connectivity index (χ1) is 8.72. The van der Waals surface area contributed by atoms with Crippen molar-refractivity contribution in [2.75, 3.05) is 13.1 Å². The molecule has 1 fully saturated rings. The van der Waals surface area contributed by atoms with Crippen LogP contribution in [0.5, 0.6) is 5.75 Å². The monoisotopic (exact) mass is 244 g/mol. The zero-order valence-corrected chi connectivity index (χ0v) is 10.9. The molecule has 1 saturated heterocycles. The second-order valence-electron chi connectivity index (χ2n) is 5.04. The molecule has 0 bridgehead atoms. The fraction of sp³-hybridized carbons (Fsp3) is 0.533. The summed E-state index contributed by atoms with van der Waals surface area (Å²) in [6.07, 6.45) is 4.78. The molecule has 96 valence electrons. The molecule has 1 N–H and O–H groups in total. The maximum Gasteiger partial charge on any atom is 0.127 e. The first-order valence-corrected chi connectivity index (χ1v) is 6.65. The summed E-state index contributed by atoms with van der Waals surface area (Å²) in [6.45, 7) is 3.89. The SMILES string of the molecule is Cc1ccc(O)c(C(C#N)N2CCCCCC2)c1. The van der Waals surface area contributed by atoms with Gasteiger partial charge in [0.1, 0.15) is 11.8 Å². The Bertz CT molecular complexity index is 442. The minimum Gasteiger partial charge on any atom is -0.508 e. The van der Waals surface area contributed by atoms with Crippen molar-refractivity contribution in [1.82, 2.24) is 4.90 Å². The van der Waals surface area contributed by atoms with E-state index < -0.39 is 0 Å². The topological polar surface area (TPSA) is 47.3 Å². The quantitative estimate of drug-likeness (QED) is 0.869. The Morgan fingerprint density at radius 3 is 2.50 bits per heavy atom. The molecule has 0 aromatic heterocycles. The molecular formula is C15H20N2O. The first kappa shape index (κ1) is 12.9. The molecule has 1 heterocycles. The van der Waals surface area contributed by atoms with Crippen LogP contribution in [0.25, 0.3) is 0 Å². The van der Waals surface area contributed by atoms with E-state index in [1.54, 1.807) is 6.07 Å². The van der Waals surface area contributed by atoms with Crippen LogP contribution >= 0.6 is 0 Å². The van der Waals surface area contributed by atoms with Crippen LogP contribution < -0.4 is 0 Å². The third kappa shape index (κ3) is 2.83. The first-order valence-electron chi connectivity index (χ1n) is 6.65. The van der Waals surface area contributed by atoms with Gasteiger partial charge in [0.25, 0.3) is 0 Å². The summed E-state index contributed by atoms with van der Waals surface area (Å²) in [4.78, 5) is 2.20. The van der Waals surface area contributed by atoms with E-state index >= 15 is 0 Å². The predicted octanol–water partition coefficient (Wildman–Crippen LogP) is 3.14. The third-order valence-electron chi connectivity index (χ3n) is 3.61. The summed E-state index contributed by atoms with van der Waals surface area (Å²) >= 11 is 0. The summed E-state index contributed by atoms with van der Waals surface area (Å²) in [7, 11) is 0. The molecule has 0 amide bonds. The molecule has 0 saturated carbocycles. The molecule has 18 heavy (non-hydrogen) atoms.